The zero-order chi connectivity index (χ0) is 18.9. The van der Waals surface area contributed by atoms with Crippen molar-refractivity contribution in [3.63, 3.8) is 0 Å². The molecular formula is C25H15N3O. The summed E-state index contributed by atoms with van der Waals surface area (Å²) >= 11 is 0. The normalized spacial score (nSPS) is 12.1. The van der Waals surface area contributed by atoms with E-state index in [2.05, 4.69) is 75.7 Å². The molecule has 4 heteroatoms. The zero-order valence-corrected chi connectivity index (χ0v) is 15.4. The summed E-state index contributed by atoms with van der Waals surface area (Å²) < 4.78 is 10.8. The second-order valence-corrected chi connectivity index (χ2v) is 7.32. The fourth-order valence-corrected chi connectivity index (χ4v) is 4.55. The second kappa shape index (κ2) is 5.26. The summed E-state index contributed by atoms with van der Waals surface area (Å²) in [6, 6.07) is 31.4. The molecule has 0 unspecified atom stereocenters. The lowest BCUT2D eigenvalue weighted by Crippen LogP contribution is -1.92. The molecule has 0 atom stereocenters. The van der Waals surface area contributed by atoms with E-state index in [0.717, 1.165) is 38.7 Å². The molecule has 0 saturated carbocycles. The lowest BCUT2D eigenvalue weighted by atomic mass is 10.1. The first-order chi connectivity index (χ1) is 14.4. The van der Waals surface area contributed by atoms with E-state index in [1.165, 1.54) is 10.9 Å². The Labute approximate surface area is 165 Å². The average molecular weight is 373 g/mol. The summed E-state index contributed by atoms with van der Waals surface area (Å²) in [5, 5.41) is 2.30. The van der Waals surface area contributed by atoms with Crippen LogP contribution in [0, 0.1) is 0 Å². The van der Waals surface area contributed by atoms with Crippen molar-refractivity contribution < 1.29 is 4.42 Å². The standard InChI is InChI=1S/C25H15N3O/c1-2-8-16(9-3-1)27-19-12-6-4-10-17(19)23-21(27)14-15-22-24(23)29-25-26-18-11-5-7-13-20(18)28(22)25/h1-15H. The molecule has 0 bridgehead atoms. The predicted molar refractivity (Wildman–Crippen MR) is 117 cm³/mol. The van der Waals surface area contributed by atoms with E-state index in [9.17, 15) is 0 Å². The van der Waals surface area contributed by atoms with Gasteiger partial charge in [-0.1, -0.05) is 48.5 Å². The van der Waals surface area contributed by atoms with Crippen molar-refractivity contribution in [2.75, 3.05) is 0 Å². The van der Waals surface area contributed by atoms with Crippen LogP contribution in [0.2, 0.25) is 0 Å². The van der Waals surface area contributed by atoms with Crippen LogP contribution in [0.4, 0.5) is 0 Å². The molecule has 0 N–H and O–H groups in total. The van der Waals surface area contributed by atoms with Crippen molar-refractivity contribution in [2.45, 2.75) is 0 Å². The summed E-state index contributed by atoms with van der Waals surface area (Å²) in [7, 11) is 0. The molecule has 0 fully saturated rings. The molecule has 7 aromatic rings. The molecule has 4 nitrogen and oxygen atoms in total. The average Bonchev–Trinajstić information content (AvgIpc) is 3.41. The van der Waals surface area contributed by atoms with E-state index in [4.69, 9.17) is 9.40 Å². The van der Waals surface area contributed by atoms with E-state index in [1.807, 2.05) is 24.3 Å². The smallest absolute Gasteiger partial charge is 0.307 e. The van der Waals surface area contributed by atoms with Gasteiger partial charge in [-0.3, -0.25) is 4.40 Å². The molecule has 0 saturated heterocycles. The number of rotatable bonds is 1. The number of para-hydroxylation sites is 4. The first-order valence-corrected chi connectivity index (χ1v) is 9.67. The van der Waals surface area contributed by atoms with Crippen molar-refractivity contribution in [1.29, 1.82) is 0 Å². The SMILES string of the molecule is c1ccc(-n2c3ccccc3c3c4oc5nc6ccccc6n5c4ccc32)cc1. The summed E-state index contributed by atoms with van der Waals surface area (Å²) in [6.07, 6.45) is 0. The van der Waals surface area contributed by atoms with Crippen molar-refractivity contribution in [2.24, 2.45) is 0 Å². The number of imidazole rings is 1. The molecule has 0 aliphatic rings. The van der Waals surface area contributed by atoms with E-state index in [1.54, 1.807) is 0 Å². The number of nitrogens with zero attached hydrogens (tertiary/aromatic N) is 3. The second-order valence-electron chi connectivity index (χ2n) is 7.32. The molecule has 7 rings (SSSR count). The van der Waals surface area contributed by atoms with Gasteiger partial charge in [-0.25, -0.2) is 0 Å². The molecule has 29 heavy (non-hydrogen) atoms. The molecular weight excluding hydrogens is 358 g/mol. The number of hydrogen-bond donors (Lipinski definition) is 0. The van der Waals surface area contributed by atoms with Gasteiger partial charge in [0, 0.05) is 11.1 Å². The summed E-state index contributed by atoms with van der Waals surface area (Å²) in [4.78, 5) is 4.69. The molecule has 0 radical (unpaired) electrons. The third kappa shape index (κ3) is 1.85. The quantitative estimate of drug-likeness (QED) is 0.337. The fraction of sp³-hybridized carbons (Fsp3) is 0. The summed E-state index contributed by atoms with van der Waals surface area (Å²) in [6.45, 7) is 0. The first kappa shape index (κ1) is 14.9. The van der Waals surface area contributed by atoms with Crippen LogP contribution in [0.1, 0.15) is 0 Å². The molecule has 0 aliphatic carbocycles. The Morgan fingerprint density at radius 3 is 2.24 bits per heavy atom. The monoisotopic (exact) mass is 373 g/mol. The number of hydrogen-bond acceptors (Lipinski definition) is 2. The molecule has 0 spiro atoms. The van der Waals surface area contributed by atoms with Crippen LogP contribution in [0.3, 0.4) is 0 Å². The van der Waals surface area contributed by atoms with Gasteiger partial charge in [0.05, 0.1) is 33.0 Å². The van der Waals surface area contributed by atoms with Crippen LogP contribution < -0.4 is 0 Å². The highest BCUT2D eigenvalue weighted by atomic mass is 16.4. The Balaban J connectivity index is 1.72. The van der Waals surface area contributed by atoms with Crippen LogP contribution >= 0.6 is 0 Å². The van der Waals surface area contributed by atoms with E-state index in [0.29, 0.717) is 5.84 Å². The number of aromatic nitrogens is 3. The third-order valence-corrected chi connectivity index (χ3v) is 5.75. The van der Waals surface area contributed by atoms with Gasteiger partial charge in [0.15, 0.2) is 5.58 Å². The van der Waals surface area contributed by atoms with E-state index >= 15 is 0 Å². The molecule has 0 aliphatic heterocycles. The van der Waals surface area contributed by atoms with Gasteiger partial charge in [0.1, 0.15) is 0 Å². The Morgan fingerprint density at radius 1 is 0.621 bits per heavy atom. The number of fused-ring (bicyclic) bond motifs is 9. The lowest BCUT2D eigenvalue weighted by molar-refractivity contribution is 0.646. The van der Waals surface area contributed by atoms with Crippen LogP contribution in [0.15, 0.2) is 95.4 Å². The minimum Gasteiger partial charge on any atom is -0.422 e. The van der Waals surface area contributed by atoms with Crippen molar-refractivity contribution in [3.8, 4) is 5.69 Å². The topological polar surface area (TPSA) is 35.4 Å². The molecule has 3 heterocycles. The van der Waals surface area contributed by atoms with Gasteiger partial charge in [0.2, 0.25) is 0 Å². The van der Waals surface area contributed by atoms with Gasteiger partial charge >= 0.3 is 5.84 Å². The molecule has 0 amide bonds. The maximum atomic E-state index is 6.35. The summed E-state index contributed by atoms with van der Waals surface area (Å²) in [5.74, 6) is 0.630. The van der Waals surface area contributed by atoms with Crippen molar-refractivity contribution in [3.05, 3.63) is 91.0 Å². The highest BCUT2D eigenvalue weighted by Gasteiger charge is 2.20. The third-order valence-electron chi connectivity index (χ3n) is 5.75. The van der Waals surface area contributed by atoms with Crippen LogP contribution in [0.5, 0.6) is 0 Å². The molecule has 3 aromatic heterocycles. The van der Waals surface area contributed by atoms with Crippen molar-refractivity contribution in [1.82, 2.24) is 14.0 Å². The Bertz CT molecular complexity index is 1700. The lowest BCUT2D eigenvalue weighted by Gasteiger charge is -2.07. The van der Waals surface area contributed by atoms with Gasteiger partial charge in [0.25, 0.3) is 0 Å². The minimum absolute atomic E-state index is 0.630. The minimum atomic E-state index is 0.630. The fourth-order valence-electron chi connectivity index (χ4n) is 4.55. The first-order valence-electron chi connectivity index (χ1n) is 9.67. The van der Waals surface area contributed by atoms with Gasteiger partial charge in [-0.2, -0.15) is 4.98 Å². The maximum Gasteiger partial charge on any atom is 0.307 e. The highest BCUT2D eigenvalue weighted by molar-refractivity contribution is 6.19. The van der Waals surface area contributed by atoms with Crippen LogP contribution in [-0.4, -0.2) is 14.0 Å². The predicted octanol–water partition coefficient (Wildman–Crippen LogP) is 6.33. The Kier molecular flexibility index (Phi) is 2.71. The Morgan fingerprint density at radius 2 is 1.34 bits per heavy atom. The maximum absolute atomic E-state index is 6.35. The van der Waals surface area contributed by atoms with Crippen molar-refractivity contribution >= 4 is 49.8 Å². The van der Waals surface area contributed by atoms with Crippen LogP contribution in [0.25, 0.3) is 55.5 Å². The van der Waals surface area contributed by atoms with E-state index in [-0.39, 0.29) is 0 Å². The number of oxazole rings is 1. The van der Waals surface area contributed by atoms with Gasteiger partial charge in [-0.05, 0) is 42.5 Å². The highest BCUT2D eigenvalue weighted by Crippen LogP contribution is 2.38. The number of benzene rings is 4. The summed E-state index contributed by atoms with van der Waals surface area (Å²) in [5.41, 5.74) is 7.36. The van der Waals surface area contributed by atoms with Gasteiger partial charge in [-0.15, -0.1) is 0 Å². The molecule has 4 aromatic carbocycles. The zero-order valence-electron chi connectivity index (χ0n) is 15.4. The Hall–Kier alpha value is -4.05. The van der Waals surface area contributed by atoms with E-state index < -0.39 is 0 Å². The largest absolute Gasteiger partial charge is 0.422 e. The molecule has 136 valence electrons. The van der Waals surface area contributed by atoms with Crippen LogP contribution in [-0.2, 0) is 0 Å². The van der Waals surface area contributed by atoms with Gasteiger partial charge < -0.3 is 8.98 Å².